The number of ether oxygens (including phenoxy) is 1. The molecule has 0 unspecified atom stereocenters. The number of fused-ring (bicyclic) bond motifs is 3. The first-order valence-electron chi connectivity index (χ1n) is 9.88. The zero-order valence-corrected chi connectivity index (χ0v) is 16.4. The highest BCUT2D eigenvalue weighted by Crippen LogP contribution is 2.39. The van der Waals surface area contributed by atoms with Crippen LogP contribution in [0.5, 0.6) is 0 Å². The molecule has 5 heteroatoms. The van der Waals surface area contributed by atoms with Gasteiger partial charge in [0, 0.05) is 24.1 Å². The summed E-state index contributed by atoms with van der Waals surface area (Å²) in [4.78, 5) is 15.1. The second-order valence-corrected chi connectivity index (χ2v) is 6.92. The number of aromatic nitrogens is 2. The number of esters is 1. The third-order valence-corrected chi connectivity index (χ3v) is 5.35. The van der Waals surface area contributed by atoms with Gasteiger partial charge in [0.15, 0.2) is 5.69 Å². The Kier molecular flexibility index (Phi) is 5.26. The summed E-state index contributed by atoms with van der Waals surface area (Å²) in [6.45, 7) is 7.22. The second kappa shape index (κ2) is 7.98. The molecule has 0 saturated carbocycles. The molecule has 3 aromatic rings. The molecule has 28 heavy (non-hydrogen) atoms. The molecule has 5 nitrogen and oxygen atoms in total. The van der Waals surface area contributed by atoms with Crippen molar-refractivity contribution >= 4 is 5.97 Å². The van der Waals surface area contributed by atoms with Gasteiger partial charge in [0.2, 0.25) is 0 Å². The average molecular weight is 375 g/mol. The quantitative estimate of drug-likeness (QED) is 0.459. The van der Waals surface area contributed by atoms with Gasteiger partial charge >= 0.3 is 5.97 Å². The predicted molar refractivity (Wildman–Crippen MR) is 110 cm³/mol. The number of benzene rings is 2. The number of likely N-dealkylation sites (N-methyl/N-ethyl adjacent to an activating group) is 1. The van der Waals surface area contributed by atoms with Crippen LogP contribution in [0.15, 0.2) is 54.6 Å². The van der Waals surface area contributed by atoms with Crippen LogP contribution in [0.3, 0.4) is 0 Å². The molecule has 0 saturated heterocycles. The molecular weight excluding hydrogens is 350 g/mol. The predicted octanol–water partition coefficient (Wildman–Crippen LogP) is 3.94. The number of nitrogens with zero attached hydrogens (tertiary/aromatic N) is 3. The van der Waals surface area contributed by atoms with E-state index >= 15 is 0 Å². The van der Waals surface area contributed by atoms with Crippen molar-refractivity contribution in [2.45, 2.75) is 20.3 Å². The summed E-state index contributed by atoms with van der Waals surface area (Å²) in [5.41, 5.74) is 5.68. The minimum absolute atomic E-state index is 0.342. The SMILES string of the molecule is CCN(CC)CCOC(=O)c1nn(-c2ccccc2)c2c1Cc1ccccc1-2. The summed E-state index contributed by atoms with van der Waals surface area (Å²) in [6, 6.07) is 18.2. The van der Waals surface area contributed by atoms with Gasteiger partial charge in [-0.2, -0.15) is 5.10 Å². The van der Waals surface area contributed by atoms with Crippen molar-refractivity contribution in [1.82, 2.24) is 14.7 Å². The van der Waals surface area contributed by atoms with Crippen molar-refractivity contribution in [1.29, 1.82) is 0 Å². The molecule has 144 valence electrons. The summed E-state index contributed by atoms with van der Waals surface area (Å²) in [5, 5.41) is 4.67. The van der Waals surface area contributed by atoms with Crippen molar-refractivity contribution < 1.29 is 9.53 Å². The van der Waals surface area contributed by atoms with Gasteiger partial charge in [-0.1, -0.05) is 56.3 Å². The molecule has 0 radical (unpaired) electrons. The van der Waals surface area contributed by atoms with Crippen LogP contribution in [0.25, 0.3) is 16.9 Å². The topological polar surface area (TPSA) is 47.4 Å². The van der Waals surface area contributed by atoms with E-state index in [0.29, 0.717) is 18.7 Å². The smallest absolute Gasteiger partial charge is 0.359 e. The summed E-state index contributed by atoms with van der Waals surface area (Å²) in [7, 11) is 0. The minimum Gasteiger partial charge on any atom is -0.460 e. The van der Waals surface area contributed by atoms with Crippen molar-refractivity contribution in [2.24, 2.45) is 0 Å². The highest BCUT2D eigenvalue weighted by molar-refractivity contribution is 5.93. The van der Waals surface area contributed by atoms with E-state index in [4.69, 9.17) is 4.74 Å². The lowest BCUT2D eigenvalue weighted by Gasteiger charge is -2.17. The van der Waals surface area contributed by atoms with Crippen LogP contribution in [0, 0.1) is 0 Å². The van der Waals surface area contributed by atoms with Gasteiger partial charge in [0.1, 0.15) is 6.61 Å². The first-order chi connectivity index (χ1) is 13.7. The molecule has 2 aromatic carbocycles. The fraction of sp³-hybridized carbons (Fsp3) is 0.304. The lowest BCUT2D eigenvalue weighted by molar-refractivity contribution is 0.0458. The summed E-state index contributed by atoms with van der Waals surface area (Å²) >= 11 is 0. The third kappa shape index (κ3) is 3.34. The fourth-order valence-electron chi connectivity index (χ4n) is 3.79. The van der Waals surface area contributed by atoms with Crippen molar-refractivity contribution in [2.75, 3.05) is 26.2 Å². The molecule has 1 aliphatic carbocycles. The monoisotopic (exact) mass is 375 g/mol. The zero-order valence-electron chi connectivity index (χ0n) is 16.4. The highest BCUT2D eigenvalue weighted by Gasteiger charge is 2.31. The van der Waals surface area contributed by atoms with Crippen molar-refractivity contribution in [3.63, 3.8) is 0 Å². The Balaban J connectivity index is 1.67. The number of carbonyl (C=O) groups excluding carboxylic acids is 1. The molecule has 0 atom stereocenters. The van der Waals surface area contributed by atoms with Crippen molar-refractivity contribution in [3.8, 4) is 16.9 Å². The minimum atomic E-state index is -0.342. The van der Waals surface area contributed by atoms with Gasteiger partial charge < -0.3 is 9.64 Å². The van der Waals surface area contributed by atoms with E-state index in [2.05, 4.69) is 36.0 Å². The number of hydrogen-bond acceptors (Lipinski definition) is 4. The van der Waals surface area contributed by atoms with E-state index in [0.717, 1.165) is 42.1 Å². The Labute approximate surface area is 165 Å². The Hall–Kier alpha value is -2.92. The van der Waals surface area contributed by atoms with Gasteiger partial charge in [0.05, 0.1) is 11.4 Å². The fourth-order valence-corrected chi connectivity index (χ4v) is 3.79. The van der Waals surface area contributed by atoms with E-state index < -0.39 is 0 Å². The zero-order chi connectivity index (χ0) is 19.5. The van der Waals surface area contributed by atoms with Crippen LogP contribution in [0.1, 0.15) is 35.5 Å². The molecule has 0 bridgehead atoms. The summed E-state index contributed by atoms with van der Waals surface area (Å²) in [5.74, 6) is -0.342. The van der Waals surface area contributed by atoms with Crippen molar-refractivity contribution in [3.05, 3.63) is 71.4 Å². The molecule has 0 amide bonds. The molecule has 4 rings (SSSR count). The van der Waals surface area contributed by atoms with Crippen LogP contribution >= 0.6 is 0 Å². The van der Waals surface area contributed by atoms with Crippen LogP contribution in [0.2, 0.25) is 0 Å². The Morgan fingerprint density at radius 3 is 2.54 bits per heavy atom. The molecule has 0 aliphatic heterocycles. The maximum absolute atomic E-state index is 12.8. The number of carbonyl (C=O) groups is 1. The van der Waals surface area contributed by atoms with Crippen LogP contribution in [-0.2, 0) is 11.2 Å². The third-order valence-electron chi connectivity index (χ3n) is 5.35. The molecule has 1 aromatic heterocycles. The Morgan fingerprint density at radius 1 is 1.07 bits per heavy atom. The average Bonchev–Trinajstić information content (AvgIpc) is 3.29. The van der Waals surface area contributed by atoms with Gasteiger partial charge in [-0.05, 0) is 30.8 Å². The van der Waals surface area contributed by atoms with E-state index in [1.807, 2.05) is 47.1 Å². The van der Waals surface area contributed by atoms with Crippen LogP contribution < -0.4 is 0 Å². The molecule has 0 N–H and O–H groups in total. The lowest BCUT2D eigenvalue weighted by atomic mass is 10.1. The Morgan fingerprint density at radius 2 is 1.79 bits per heavy atom. The van der Waals surface area contributed by atoms with Gasteiger partial charge in [-0.3, -0.25) is 0 Å². The van der Waals surface area contributed by atoms with Gasteiger partial charge in [0.25, 0.3) is 0 Å². The highest BCUT2D eigenvalue weighted by atomic mass is 16.5. The number of hydrogen-bond donors (Lipinski definition) is 0. The number of rotatable bonds is 7. The normalized spacial score (nSPS) is 12.1. The van der Waals surface area contributed by atoms with E-state index in [-0.39, 0.29) is 5.97 Å². The first-order valence-corrected chi connectivity index (χ1v) is 9.88. The van der Waals surface area contributed by atoms with Gasteiger partial charge in [-0.25, -0.2) is 9.48 Å². The van der Waals surface area contributed by atoms with Crippen LogP contribution in [-0.4, -0.2) is 46.9 Å². The maximum atomic E-state index is 12.8. The lowest BCUT2D eigenvalue weighted by Crippen LogP contribution is -2.28. The van der Waals surface area contributed by atoms with Gasteiger partial charge in [-0.15, -0.1) is 0 Å². The molecule has 1 heterocycles. The Bertz CT molecular complexity index is 975. The standard InChI is InChI=1S/C23H25N3O2/c1-3-25(4-2)14-15-28-23(27)21-20-16-17-10-8-9-13-19(17)22(20)26(24-21)18-11-6-5-7-12-18/h5-13H,3-4,14-16H2,1-2H3. The maximum Gasteiger partial charge on any atom is 0.359 e. The van der Waals surface area contributed by atoms with Crippen LogP contribution in [0.4, 0.5) is 0 Å². The number of para-hydroxylation sites is 1. The van der Waals surface area contributed by atoms with E-state index in [1.54, 1.807) is 0 Å². The molecule has 0 spiro atoms. The molecule has 1 aliphatic rings. The second-order valence-electron chi connectivity index (χ2n) is 6.92. The van der Waals surface area contributed by atoms with E-state index in [1.165, 1.54) is 5.56 Å². The molecular formula is C23H25N3O2. The summed E-state index contributed by atoms with van der Waals surface area (Å²) < 4.78 is 7.46. The van der Waals surface area contributed by atoms with E-state index in [9.17, 15) is 4.79 Å². The summed E-state index contributed by atoms with van der Waals surface area (Å²) in [6.07, 6.45) is 0.707. The first kappa shape index (κ1) is 18.4. The largest absolute Gasteiger partial charge is 0.460 e. The molecule has 0 fully saturated rings.